The second kappa shape index (κ2) is 14.6. The Morgan fingerprint density at radius 2 is 1.56 bits per heavy atom. The number of carbonyl (C=O) groups is 2. The van der Waals surface area contributed by atoms with E-state index in [1.165, 1.54) is 23.1 Å². The van der Waals surface area contributed by atoms with E-state index in [0.29, 0.717) is 6.54 Å². The van der Waals surface area contributed by atoms with Gasteiger partial charge in [-0.25, -0.2) is 12.8 Å². The van der Waals surface area contributed by atoms with Crippen LogP contribution in [0.1, 0.15) is 18.1 Å². The van der Waals surface area contributed by atoms with Gasteiger partial charge in [0.15, 0.2) is 0 Å². The molecule has 11 heteroatoms. The third kappa shape index (κ3) is 8.22. The molecule has 2 amide bonds. The SMILES string of the molecule is CCNC(=O)[C@@H](Cc1ccccc1)N(Cc1cccc(Br)c1)C(=O)CN(c1ccc(F)c(Cl)c1)S(=O)(=O)c1ccccc1. The molecule has 0 aromatic heterocycles. The number of benzene rings is 4. The number of nitrogens with one attached hydrogen (secondary N) is 1. The summed E-state index contributed by atoms with van der Waals surface area (Å²) < 4.78 is 43.6. The number of hydrogen-bond donors (Lipinski definition) is 1. The van der Waals surface area contributed by atoms with Crippen molar-refractivity contribution in [2.24, 2.45) is 0 Å². The van der Waals surface area contributed by atoms with Crippen molar-refractivity contribution < 1.29 is 22.4 Å². The van der Waals surface area contributed by atoms with Crippen LogP contribution >= 0.6 is 27.5 Å². The molecule has 1 N–H and O–H groups in total. The van der Waals surface area contributed by atoms with Gasteiger partial charge in [0.05, 0.1) is 15.6 Å². The van der Waals surface area contributed by atoms with Crippen molar-refractivity contribution in [1.29, 1.82) is 0 Å². The zero-order chi connectivity index (χ0) is 31.0. The van der Waals surface area contributed by atoms with Gasteiger partial charge in [-0.2, -0.15) is 0 Å². The number of amides is 2. The summed E-state index contributed by atoms with van der Waals surface area (Å²) in [6, 6.07) is 26.7. The maximum absolute atomic E-state index is 14.3. The van der Waals surface area contributed by atoms with Crippen molar-refractivity contribution in [3.63, 3.8) is 0 Å². The summed E-state index contributed by atoms with van der Waals surface area (Å²) in [5, 5.41) is 2.52. The molecule has 0 saturated heterocycles. The van der Waals surface area contributed by atoms with Crippen LogP contribution in [0.2, 0.25) is 5.02 Å². The molecular formula is C32H30BrClFN3O4S. The maximum Gasteiger partial charge on any atom is 0.264 e. The van der Waals surface area contributed by atoms with E-state index in [0.717, 1.165) is 32.0 Å². The Morgan fingerprint density at radius 1 is 0.907 bits per heavy atom. The highest BCUT2D eigenvalue weighted by Crippen LogP contribution is 2.28. The zero-order valence-corrected chi connectivity index (χ0v) is 26.4. The number of likely N-dealkylation sites (N-methyl/N-ethyl adjacent to an activating group) is 1. The Hall–Kier alpha value is -3.73. The van der Waals surface area contributed by atoms with Gasteiger partial charge in [-0.3, -0.25) is 13.9 Å². The highest BCUT2D eigenvalue weighted by Gasteiger charge is 2.34. The average Bonchev–Trinajstić information content (AvgIpc) is 3.00. The predicted octanol–water partition coefficient (Wildman–Crippen LogP) is 6.21. The summed E-state index contributed by atoms with van der Waals surface area (Å²) in [5.41, 5.74) is 1.56. The molecule has 43 heavy (non-hydrogen) atoms. The zero-order valence-electron chi connectivity index (χ0n) is 23.3. The Bertz CT molecular complexity index is 1680. The molecule has 0 aliphatic rings. The Balaban J connectivity index is 1.81. The summed E-state index contributed by atoms with van der Waals surface area (Å²) >= 11 is 9.50. The molecule has 0 saturated carbocycles. The largest absolute Gasteiger partial charge is 0.355 e. The molecular weight excluding hydrogens is 657 g/mol. The van der Waals surface area contributed by atoms with Gasteiger partial charge in [-0.05, 0) is 60.5 Å². The highest BCUT2D eigenvalue weighted by atomic mass is 79.9. The lowest BCUT2D eigenvalue weighted by Gasteiger charge is -2.34. The van der Waals surface area contributed by atoms with Crippen molar-refractivity contribution in [3.8, 4) is 0 Å². The van der Waals surface area contributed by atoms with Crippen molar-refractivity contribution in [2.45, 2.75) is 30.8 Å². The van der Waals surface area contributed by atoms with Gasteiger partial charge in [-0.15, -0.1) is 0 Å². The van der Waals surface area contributed by atoms with Gasteiger partial charge < -0.3 is 10.2 Å². The van der Waals surface area contributed by atoms with Crippen molar-refractivity contribution in [2.75, 3.05) is 17.4 Å². The van der Waals surface area contributed by atoms with Crippen LogP contribution in [-0.4, -0.2) is 44.3 Å². The van der Waals surface area contributed by atoms with Crippen LogP contribution in [0, 0.1) is 5.82 Å². The first-order valence-electron chi connectivity index (χ1n) is 13.5. The number of anilines is 1. The minimum atomic E-state index is -4.31. The van der Waals surface area contributed by atoms with Crippen LogP contribution in [0.3, 0.4) is 0 Å². The van der Waals surface area contributed by atoms with E-state index in [4.69, 9.17) is 11.6 Å². The lowest BCUT2D eigenvalue weighted by molar-refractivity contribution is -0.140. The van der Waals surface area contributed by atoms with Gasteiger partial charge in [0, 0.05) is 24.0 Å². The first kappa shape index (κ1) is 32.2. The molecule has 0 aliphatic heterocycles. The second-order valence-corrected chi connectivity index (χ2v) is 12.9. The molecule has 7 nitrogen and oxygen atoms in total. The third-order valence-corrected chi connectivity index (χ3v) is 9.24. The van der Waals surface area contributed by atoms with Crippen molar-refractivity contribution in [3.05, 3.63) is 130 Å². The average molecular weight is 687 g/mol. The summed E-state index contributed by atoms with van der Waals surface area (Å²) in [6.07, 6.45) is 0.195. The number of rotatable bonds is 12. The number of sulfonamides is 1. The molecule has 224 valence electrons. The summed E-state index contributed by atoms with van der Waals surface area (Å²) in [5.74, 6) is -1.74. The lowest BCUT2D eigenvalue weighted by atomic mass is 10.0. The quantitative estimate of drug-likeness (QED) is 0.192. The van der Waals surface area contributed by atoms with Crippen LogP contribution in [0.15, 0.2) is 112 Å². The van der Waals surface area contributed by atoms with E-state index < -0.39 is 34.3 Å². The fourth-order valence-electron chi connectivity index (χ4n) is 4.57. The monoisotopic (exact) mass is 685 g/mol. The number of hydrogen-bond acceptors (Lipinski definition) is 4. The van der Waals surface area contributed by atoms with Gasteiger partial charge >= 0.3 is 0 Å². The molecule has 0 bridgehead atoms. The molecule has 4 aromatic rings. The Labute approximate surface area is 264 Å². The van der Waals surface area contributed by atoms with Crippen molar-refractivity contribution in [1.82, 2.24) is 10.2 Å². The van der Waals surface area contributed by atoms with Crippen molar-refractivity contribution >= 4 is 55.1 Å². The van der Waals surface area contributed by atoms with E-state index in [-0.39, 0.29) is 34.5 Å². The van der Waals surface area contributed by atoms with Gasteiger partial charge in [0.1, 0.15) is 18.4 Å². The lowest BCUT2D eigenvalue weighted by Crippen LogP contribution is -2.53. The summed E-state index contributed by atoms with van der Waals surface area (Å²) in [6.45, 7) is 1.48. The number of halogens is 3. The van der Waals surface area contributed by atoms with E-state index in [1.807, 2.05) is 54.6 Å². The molecule has 0 unspecified atom stereocenters. The summed E-state index contributed by atoms with van der Waals surface area (Å²) in [4.78, 5) is 29.1. The van der Waals surface area contributed by atoms with Gasteiger partial charge in [-0.1, -0.05) is 88.2 Å². The minimum absolute atomic E-state index is 0.00336. The molecule has 4 aromatic carbocycles. The van der Waals surface area contributed by atoms with E-state index >= 15 is 0 Å². The maximum atomic E-state index is 14.3. The molecule has 0 spiro atoms. The number of nitrogens with zero attached hydrogens (tertiary/aromatic N) is 2. The standard InChI is InChI=1S/C32H30BrClFN3O4S/c1-2-36-32(40)30(19-23-10-5-3-6-11-23)37(21-24-12-9-13-25(33)18-24)31(39)22-38(26-16-17-29(35)28(34)20-26)43(41,42)27-14-7-4-8-15-27/h3-18,20,30H,2,19,21-22H2,1H3,(H,36,40)/t30-/m1/s1. The van der Waals surface area contributed by atoms with Crippen LogP contribution in [-0.2, 0) is 32.6 Å². The van der Waals surface area contributed by atoms with Gasteiger partial charge in [0.2, 0.25) is 11.8 Å². The molecule has 0 heterocycles. The van der Waals surface area contributed by atoms with Crippen LogP contribution in [0.25, 0.3) is 0 Å². The fraction of sp³-hybridized carbons (Fsp3) is 0.188. The first-order valence-corrected chi connectivity index (χ1v) is 16.1. The van der Waals surface area contributed by atoms with E-state index in [9.17, 15) is 22.4 Å². The fourth-order valence-corrected chi connectivity index (χ4v) is 6.62. The first-order chi connectivity index (χ1) is 20.6. The Kier molecular flexibility index (Phi) is 11.0. The normalized spacial score (nSPS) is 11.9. The minimum Gasteiger partial charge on any atom is -0.355 e. The predicted molar refractivity (Wildman–Crippen MR) is 170 cm³/mol. The Morgan fingerprint density at radius 3 is 2.19 bits per heavy atom. The topological polar surface area (TPSA) is 86.8 Å². The van der Waals surface area contributed by atoms with E-state index in [2.05, 4.69) is 21.2 Å². The van der Waals surface area contributed by atoms with Crippen LogP contribution in [0.5, 0.6) is 0 Å². The second-order valence-electron chi connectivity index (χ2n) is 9.67. The van der Waals surface area contributed by atoms with Gasteiger partial charge in [0.25, 0.3) is 10.0 Å². The molecule has 0 fully saturated rings. The molecule has 0 aliphatic carbocycles. The summed E-state index contributed by atoms with van der Waals surface area (Å²) in [7, 11) is -4.31. The third-order valence-electron chi connectivity index (χ3n) is 6.67. The molecule has 4 rings (SSSR count). The van der Waals surface area contributed by atoms with Crippen LogP contribution in [0.4, 0.5) is 10.1 Å². The smallest absolute Gasteiger partial charge is 0.264 e. The highest BCUT2D eigenvalue weighted by molar-refractivity contribution is 9.10. The molecule has 0 radical (unpaired) electrons. The van der Waals surface area contributed by atoms with E-state index in [1.54, 1.807) is 25.1 Å². The number of carbonyl (C=O) groups excluding carboxylic acids is 2. The van der Waals surface area contributed by atoms with Crippen LogP contribution < -0.4 is 9.62 Å². The molecule has 1 atom stereocenters.